The Morgan fingerprint density at radius 2 is 2.06 bits per heavy atom. The van der Waals surface area contributed by atoms with Crippen molar-refractivity contribution in [3.05, 3.63) is 82.2 Å². The van der Waals surface area contributed by atoms with E-state index in [0.717, 1.165) is 0 Å². The lowest BCUT2D eigenvalue weighted by atomic mass is 9.93. The Morgan fingerprint density at radius 3 is 2.76 bits per heavy atom. The van der Waals surface area contributed by atoms with E-state index in [1.165, 1.54) is 17.8 Å². The van der Waals surface area contributed by atoms with Crippen LogP contribution in [0.2, 0.25) is 0 Å². The zero-order valence-electron chi connectivity index (χ0n) is 18.5. The fourth-order valence-corrected chi connectivity index (χ4v) is 4.69. The number of fused-ring (bicyclic) bond motifs is 1. The average molecular weight is 470 g/mol. The summed E-state index contributed by atoms with van der Waals surface area (Å²) in [7, 11) is 0. The average Bonchev–Trinajstić information content (AvgIpc) is 3.41. The molecular formula is C24H24FN3O4S. The number of esters is 1. The zero-order chi connectivity index (χ0) is 23.5. The van der Waals surface area contributed by atoms with Gasteiger partial charge in [0.25, 0.3) is 0 Å². The molecule has 7 nitrogen and oxygen atoms in total. The molecule has 0 spiro atoms. The van der Waals surface area contributed by atoms with E-state index in [1.807, 2.05) is 5.41 Å². The number of hydrogen-bond acceptors (Lipinski definition) is 7. The van der Waals surface area contributed by atoms with Crippen molar-refractivity contribution in [3.8, 4) is 0 Å². The van der Waals surface area contributed by atoms with Gasteiger partial charge in [-0.3, -0.25) is 4.79 Å². The molecule has 1 N–H and O–H groups in total. The summed E-state index contributed by atoms with van der Waals surface area (Å²) in [6, 6.07) is 9.02. The monoisotopic (exact) mass is 469 g/mol. The number of hydrogen-bond donors (Lipinski definition) is 1. The van der Waals surface area contributed by atoms with Crippen molar-refractivity contribution in [1.29, 1.82) is 0 Å². The van der Waals surface area contributed by atoms with Gasteiger partial charge >= 0.3 is 5.97 Å². The number of ether oxygens (including phenoxy) is 1. The minimum atomic E-state index is -0.802. The third kappa shape index (κ3) is 4.88. The summed E-state index contributed by atoms with van der Waals surface area (Å²) in [4.78, 5) is 32.0. The van der Waals surface area contributed by atoms with E-state index in [9.17, 15) is 14.0 Å². The predicted octanol–water partition coefficient (Wildman–Crippen LogP) is 4.65. The number of benzene rings is 1. The van der Waals surface area contributed by atoms with Crippen LogP contribution >= 0.6 is 11.8 Å². The van der Waals surface area contributed by atoms with Crippen molar-refractivity contribution in [1.82, 2.24) is 10.2 Å². The van der Waals surface area contributed by atoms with Gasteiger partial charge in [0.15, 0.2) is 5.17 Å². The van der Waals surface area contributed by atoms with E-state index in [4.69, 9.17) is 9.15 Å². The Balaban J connectivity index is 1.65. The summed E-state index contributed by atoms with van der Waals surface area (Å²) in [5, 5.41) is 5.20. The third-order valence-corrected chi connectivity index (χ3v) is 6.03. The maximum absolute atomic E-state index is 15.0. The Kier molecular flexibility index (Phi) is 6.69. The molecule has 1 atom stereocenters. The molecule has 1 aromatic carbocycles. The van der Waals surface area contributed by atoms with Crippen LogP contribution < -0.4 is 5.32 Å². The van der Waals surface area contributed by atoms with E-state index in [1.54, 1.807) is 62.3 Å². The molecule has 2 aliphatic rings. The number of halogens is 1. The molecule has 1 amide bonds. The van der Waals surface area contributed by atoms with Gasteiger partial charge in [0.2, 0.25) is 5.91 Å². The van der Waals surface area contributed by atoms with E-state index < -0.39 is 17.8 Å². The van der Waals surface area contributed by atoms with Gasteiger partial charge in [-0.15, -0.1) is 0 Å². The van der Waals surface area contributed by atoms with Gasteiger partial charge in [-0.2, -0.15) is 0 Å². The molecule has 0 radical (unpaired) electrons. The van der Waals surface area contributed by atoms with Crippen molar-refractivity contribution in [3.63, 3.8) is 0 Å². The molecule has 0 aliphatic carbocycles. The largest absolute Gasteiger partial charge is 0.467 e. The van der Waals surface area contributed by atoms with Crippen LogP contribution in [-0.2, 0) is 20.9 Å². The number of amides is 1. The molecule has 3 heterocycles. The van der Waals surface area contributed by atoms with Gasteiger partial charge in [0.1, 0.15) is 11.6 Å². The molecule has 0 fully saturated rings. The first-order chi connectivity index (χ1) is 15.8. The van der Waals surface area contributed by atoms with Crippen LogP contribution in [0, 0.1) is 5.82 Å². The second kappa shape index (κ2) is 9.66. The van der Waals surface area contributed by atoms with Crippen LogP contribution in [0.3, 0.4) is 0 Å². The van der Waals surface area contributed by atoms with E-state index in [-0.39, 0.29) is 30.5 Å². The van der Waals surface area contributed by atoms with Crippen LogP contribution in [0.15, 0.2) is 74.4 Å². The smallest absolute Gasteiger partial charge is 0.338 e. The SMILES string of the molecule is CC1=C(C(=O)OC(C)C)[C@@H](c2ccccc2F)N2C(CC(=O)NCc3ccco3)=CSC2=N1. The number of furan rings is 1. The Bertz CT molecular complexity index is 1150. The molecule has 1 aromatic heterocycles. The Labute approximate surface area is 195 Å². The van der Waals surface area contributed by atoms with Crippen molar-refractivity contribution >= 4 is 28.8 Å². The van der Waals surface area contributed by atoms with E-state index in [0.29, 0.717) is 27.9 Å². The van der Waals surface area contributed by atoms with Gasteiger partial charge in [-0.25, -0.2) is 14.2 Å². The molecule has 0 saturated heterocycles. The molecule has 2 aromatic rings. The van der Waals surface area contributed by atoms with Crippen molar-refractivity contribution in [2.45, 2.75) is 45.9 Å². The van der Waals surface area contributed by atoms with Gasteiger partial charge < -0.3 is 19.4 Å². The van der Waals surface area contributed by atoms with Crippen LogP contribution in [0.1, 0.15) is 44.6 Å². The molecule has 0 bridgehead atoms. The minimum absolute atomic E-state index is 0.0310. The first kappa shape index (κ1) is 22.8. The number of carbonyl (C=O) groups excluding carboxylic acids is 2. The molecule has 33 heavy (non-hydrogen) atoms. The maximum Gasteiger partial charge on any atom is 0.338 e. The highest BCUT2D eigenvalue weighted by molar-refractivity contribution is 8.16. The van der Waals surface area contributed by atoms with Gasteiger partial charge in [0.05, 0.1) is 42.6 Å². The number of nitrogens with one attached hydrogen (secondary N) is 1. The quantitative estimate of drug-likeness (QED) is 0.594. The summed E-state index contributed by atoms with van der Waals surface area (Å²) in [6.07, 6.45) is 1.22. The second-order valence-electron chi connectivity index (χ2n) is 7.90. The normalized spacial score (nSPS) is 17.6. The first-order valence-corrected chi connectivity index (χ1v) is 11.4. The van der Waals surface area contributed by atoms with Crippen LogP contribution in [0.25, 0.3) is 0 Å². The van der Waals surface area contributed by atoms with Crippen LogP contribution in [0.4, 0.5) is 4.39 Å². The number of rotatable bonds is 7. The lowest BCUT2D eigenvalue weighted by Gasteiger charge is -2.36. The summed E-state index contributed by atoms with van der Waals surface area (Å²) in [5.74, 6) is -0.605. The zero-order valence-corrected chi connectivity index (χ0v) is 19.3. The number of carbonyl (C=O) groups is 2. The minimum Gasteiger partial charge on any atom is -0.467 e. The lowest BCUT2D eigenvalue weighted by molar-refractivity contribution is -0.143. The predicted molar refractivity (Wildman–Crippen MR) is 123 cm³/mol. The molecule has 0 unspecified atom stereocenters. The third-order valence-electron chi connectivity index (χ3n) is 5.14. The summed E-state index contributed by atoms with van der Waals surface area (Å²) in [5.41, 5.74) is 1.64. The Hall–Kier alpha value is -3.33. The molecular weight excluding hydrogens is 445 g/mol. The number of allylic oxidation sites excluding steroid dienone is 1. The van der Waals surface area contributed by atoms with Gasteiger partial charge in [0, 0.05) is 11.3 Å². The van der Waals surface area contributed by atoms with Gasteiger partial charge in [-0.1, -0.05) is 30.0 Å². The summed E-state index contributed by atoms with van der Waals surface area (Å²) in [6.45, 7) is 5.48. The first-order valence-electron chi connectivity index (χ1n) is 10.5. The standard InChI is InChI=1S/C24H24FN3O4S/c1-14(2)32-23(30)21-15(3)27-24-28(22(21)18-8-4-5-9-19(18)25)16(13-33-24)11-20(29)26-12-17-7-6-10-31-17/h4-10,13-14,22H,11-12H2,1-3H3,(H,26,29)/t22-/m1/s1. The van der Waals surface area contributed by atoms with Crippen molar-refractivity contribution in [2.24, 2.45) is 4.99 Å². The molecule has 2 aliphatic heterocycles. The maximum atomic E-state index is 15.0. The summed E-state index contributed by atoms with van der Waals surface area (Å²) < 4.78 is 25.7. The fraction of sp³-hybridized carbons (Fsp3) is 0.292. The molecule has 0 saturated carbocycles. The topological polar surface area (TPSA) is 84.1 Å². The van der Waals surface area contributed by atoms with Gasteiger partial charge in [-0.05, 0) is 44.4 Å². The van der Waals surface area contributed by atoms with Crippen molar-refractivity contribution in [2.75, 3.05) is 0 Å². The fourth-order valence-electron chi connectivity index (χ4n) is 3.73. The number of aliphatic imine (C=N–C) groups is 1. The molecule has 4 rings (SSSR count). The number of nitrogens with zero attached hydrogens (tertiary/aromatic N) is 2. The van der Waals surface area contributed by atoms with Crippen LogP contribution in [-0.4, -0.2) is 28.0 Å². The lowest BCUT2D eigenvalue weighted by Crippen LogP contribution is -2.38. The van der Waals surface area contributed by atoms with Crippen molar-refractivity contribution < 1.29 is 23.1 Å². The van der Waals surface area contributed by atoms with E-state index >= 15 is 0 Å². The number of amidine groups is 1. The number of thioether (sulfide) groups is 1. The molecule has 172 valence electrons. The summed E-state index contributed by atoms with van der Waals surface area (Å²) >= 11 is 1.33. The highest BCUT2D eigenvalue weighted by Crippen LogP contribution is 2.45. The second-order valence-corrected chi connectivity index (χ2v) is 8.74. The molecule has 9 heteroatoms. The van der Waals surface area contributed by atoms with Crippen LogP contribution in [0.5, 0.6) is 0 Å². The highest BCUT2D eigenvalue weighted by Gasteiger charge is 2.42. The highest BCUT2D eigenvalue weighted by atomic mass is 32.2. The Morgan fingerprint density at radius 1 is 1.27 bits per heavy atom. The van der Waals surface area contributed by atoms with E-state index in [2.05, 4.69) is 10.3 Å².